The number of carbonyl (C=O) groups excluding carboxylic acids is 1. The Bertz CT molecular complexity index is 819. The summed E-state index contributed by atoms with van der Waals surface area (Å²) in [5.41, 5.74) is 2.59. The molecule has 6 heteroatoms. The Balaban J connectivity index is 1.59. The number of hydrogen-bond donors (Lipinski definition) is 2. The van der Waals surface area contributed by atoms with Crippen molar-refractivity contribution in [3.8, 4) is 16.3 Å². The van der Waals surface area contributed by atoms with Crippen LogP contribution in [0.4, 0.5) is 10.5 Å². The van der Waals surface area contributed by atoms with Crippen LogP contribution in [0.25, 0.3) is 10.6 Å². The lowest BCUT2D eigenvalue weighted by atomic mass is 10.2. The molecule has 1 aromatic carbocycles. The highest BCUT2D eigenvalue weighted by Crippen LogP contribution is 2.23. The van der Waals surface area contributed by atoms with Gasteiger partial charge in [0.15, 0.2) is 0 Å². The first-order valence-electron chi connectivity index (χ1n) is 7.42. The zero-order chi connectivity index (χ0) is 16.8. The van der Waals surface area contributed by atoms with Crippen LogP contribution in [-0.4, -0.2) is 18.1 Å². The van der Waals surface area contributed by atoms with Gasteiger partial charge in [0.05, 0.1) is 17.7 Å². The second-order valence-corrected chi connectivity index (χ2v) is 6.01. The molecule has 0 fully saturated rings. The Kier molecular flexibility index (Phi) is 5.08. The van der Waals surface area contributed by atoms with E-state index in [9.17, 15) is 4.79 Å². The molecular formula is C18H17N3O2S. The van der Waals surface area contributed by atoms with Gasteiger partial charge in [0.1, 0.15) is 5.75 Å². The molecule has 0 aliphatic heterocycles. The third-order valence-electron chi connectivity index (χ3n) is 3.38. The van der Waals surface area contributed by atoms with E-state index < -0.39 is 0 Å². The van der Waals surface area contributed by atoms with Crippen LogP contribution in [0.5, 0.6) is 5.75 Å². The lowest BCUT2D eigenvalue weighted by Crippen LogP contribution is -2.28. The van der Waals surface area contributed by atoms with E-state index in [1.807, 2.05) is 47.8 Å². The average molecular weight is 339 g/mol. The first-order chi connectivity index (χ1) is 11.7. The highest BCUT2D eigenvalue weighted by Gasteiger charge is 2.05. The van der Waals surface area contributed by atoms with Gasteiger partial charge >= 0.3 is 6.03 Å². The molecule has 0 radical (unpaired) electrons. The largest absolute Gasteiger partial charge is 0.497 e. The zero-order valence-corrected chi connectivity index (χ0v) is 14.0. The molecule has 24 heavy (non-hydrogen) atoms. The van der Waals surface area contributed by atoms with Gasteiger partial charge in [-0.2, -0.15) is 0 Å². The van der Waals surface area contributed by atoms with Crippen LogP contribution >= 0.6 is 11.3 Å². The fraction of sp³-hybridized carbons (Fsp3) is 0.111. The highest BCUT2D eigenvalue weighted by atomic mass is 32.1. The maximum atomic E-state index is 12.0. The summed E-state index contributed by atoms with van der Waals surface area (Å²) in [6.07, 6.45) is 1.76. The minimum atomic E-state index is -0.266. The van der Waals surface area contributed by atoms with E-state index in [1.54, 1.807) is 30.7 Å². The molecule has 0 bridgehead atoms. The Morgan fingerprint density at radius 2 is 2.12 bits per heavy atom. The molecule has 122 valence electrons. The van der Waals surface area contributed by atoms with Crippen LogP contribution in [0, 0.1) is 0 Å². The summed E-state index contributed by atoms with van der Waals surface area (Å²) in [4.78, 5) is 17.5. The second-order valence-electron chi connectivity index (χ2n) is 5.07. The van der Waals surface area contributed by atoms with Gasteiger partial charge in [-0.15, -0.1) is 11.3 Å². The number of amides is 2. The van der Waals surface area contributed by atoms with Crippen molar-refractivity contribution in [2.24, 2.45) is 0 Å². The number of nitrogens with zero attached hydrogens (tertiary/aromatic N) is 1. The topological polar surface area (TPSA) is 63.2 Å². The molecule has 0 atom stereocenters. The maximum Gasteiger partial charge on any atom is 0.319 e. The van der Waals surface area contributed by atoms with Crippen LogP contribution in [-0.2, 0) is 6.54 Å². The number of anilines is 1. The standard InChI is InChI=1S/C18H17N3O2S/c1-23-15-5-2-4-14(11-15)21-18(22)20-12-13-7-8-19-16(10-13)17-6-3-9-24-17/h2-11H,12H2,1H3,(H2,20,21,22). The summed E-state index contributed by atoms with van der Waals surface area (Å²) in [6.45, 7) is 0.427. The summed E-state index contributed by atoms with van der Waals surface area (Å²) in [7, 11) is 1.59. The van der Waals surface area contributed by atoms with Crippen molar-refractivity contribution in [3.63, 3.8) is 0 Å². The highest BCUT2D eigenvalue weighted by molar-refractivity contribution is 7.13. The molecule has 2 amide bonds. The number of nitrogens with one attached hydrogen (secondary N) is 2. The van der Waals surface area contributed by atoms with Crippen molar-refractivity contribution >= 4 is 23.1 Å². The van der Waals surface area contributed by atoms with Crippen molar-refractivity contribution in [2.45, 2.75) is 6.54 Å². The fourth-order valence-electron chi connectivity index (χ4n) is 2.20. The van der Waals surface area contributed by atoms with E-state index in [2.05, 4.69) is 15.6 Å². The van der Waals surface area contributed by atoms with Crippen molar-refractivity contribution < 1.29 is 9.53 Å². The molecule has 0 spiro atoms. The second kappa shape index (κ2) is 7.61. The number of pyridine rings is 1. The molecular weight excluding hydrogens is 322 g/mol. The van der Waals surface area contributed by atoms with Gasteiger partial charge in [0.25, 0.3) is 0 Å². The fourth-order valence-corrected chi connectivity index (χ4v) is 2.90. The molecule has 0 unspecified atom stereocenters. The number of thiophene rings is 1. The van der Waals surface area contributed by atoms with Crippen LogP contribution in [0.1, 0.15) is 5.56 Å². The van der Waals surface area contributed by atoms with Crippen LogP contribution in [0.15, 0.2) is 60.1 Å². The number of ether oxygens (including phenoxy) is 1. The van der Waals surface area contributed by atoms with Gasteiger partial charge in [-0.3, -0.25) is 4.98 Å². The van der Waals surface area contributed by atoms with Gasteiger partial charge in [-0.25, -0.2) is 4.79 Å². The number of aromatic nitrogens is 1. The van der Waals surface area contributed by atoms with Crippen LogP contribution in [0.3, 0.4) is 0 Å². The molecule has 2 heterocycles. The number of benzene rings is 1. The minimum absolute atomic E-state index is 0.266. The van der Waals surface area contributed by atoms with E-state index in [1.165, 1.54) is 0 Å². The summed E-state index contributed by atoms with van der Waals surface area (Å²) in [6, 6.07) is 14.9. The summed E-state index contributed by atoms with van der Waals surface area (Å²) < 4.78 is 5.14. The zero-order valence-electron chi connectivity index (χ0n) is 13.2. The quantitative estimate of drug-likeness (QED) is 0.734. The molecule has 0 aliphatic rings. The minimum Gasteiger partial charge on any atom is -0.497 e. The Labute approximate surface area is 144 Å². The lowest BCUT2D eigenvalue weighted by molar-refractivity contribution is 0.251. The van der Waals surface area contributed by atoms with Gasteiger partial charge in [-0.05, 0) is 41.3 Å². The smallest absolute Gasteiger partial charge is 0.319 e. The van der Waals surface area contributed by atoms with E-state index in [0.29, 0.717) is 18.0 Å². The van der Waals surface area contributed by atoms with Crippen LogP contribution < -0.4 is 15.4 Å². The molecule has 0 saturated carbocycles. The first kappa shape index (κ1) is 16.0. The number of hydrogen-bond acceptors (Lipinski definition) is 4. The Morgan fingerprint density at radius 3 is 2.92 bits per heavy atom. The number of urea groups is 1. The van der Waals surface area contributed by atoms with E-state index >= 15 is 0 Å². The predicted octanol–water partition coefficient (Wildman–Crippen LogP) is 4.14. The third kappa shape index (κ3) is 4.11. The maximum absolute atomic E-state index is 12.0. The molecule has 2 aromatic heterocycles. The summed E-state index contributed by atoms with van der Waals surface area (Å²) >= 11 is 1.64. The first-order valence-corrected chi connectivity index (χ1v) is 8.30. The SMILES string of the molecule is COc1cccc(NC(=O)NCc2ccnc(-c3cccs3)c2)c1. The molecule has 0 saturated heterocycles. The lowest BCUT2D eigenvalue weighted by Gasteiger charge is -2.09. The average Bonchev–Trinajstić information content (AvgIpc) is 3.15. The Hall–Kier alpha value is -2.86. The Morgan fingerprint density at radius 1 is 1.21 bits per heavy atom. The molecule has 3 aromatic rings. The molecule has 5 nitrogen and oxygen atoms in total. The van der Waals surface area contributed by atoms with Crippen LogP contribution in [0.2, 0.25) is 0 Å². The van der Waals surface area contributed by atoms with E-state index in [0.717, 1.165) is 16.1 Å². The van der Waals surface area contributed by atoms with Gasteiger partial charge in [-0.1, -0.05) is 12.1 Å². The van der Waals surface area contributed by atoms with E-state index in [4.69, 9.17) is 4.74 Å². The van der Waals surface area contributed by atoms with E-state index in [-0.39, 0.29) is 6.03 Å². The molecule has 2 N–H and O–H groups in total. The summed E-state index contributed by atoms with van der Waals surface area (Å²) in [5, 5.41) is 7.64. The normalized spacial score (nSPS) is 10.2. The predicted molar refractivity (Wildman–Crippen MR) is 96.4 cm³/mol. The monoisotopic (exact) mass is 339 g/mol. The number of methoxy groups -OCH3 is 1. The number of carbonyl (C=O) groups is 1. The van der Waals surface area contributed by atoms with Crippen molar-refractivity contribution in [1.29, 1.82) is 0 Å². The number of rotatable bonds is 5. The van der Waals surface area contributed by atoms with Crippen molar-refractivity contribution in [3.05, 3.63) is 65.7 Å². The van der Waals surface area contributed by atoms with Crippen molar-refractivity contribution in [1.82, 2.24) is 10.3 Å². The molecule has 0 aliphatic carbocycles. The third-order valence-corrected chi connectivity index (χ3v) is 4.27. The molecule has 3 rings (SSSR count). The van der Waals surface area contributed by atoms with Gasteiger partial charge in [0, 0.05) is 24.5 Å². The summed E-state index contributed by atoms with van der Waals surface area (Å²) in [5.74, 6) is 0.697. The van der Waals surface area contributed by atoms with Gasteiger partial charge < -0.3 is 15.4 Å². The van der Waals surface area contributed by atoms with Crippen molar-refractivity contribution in [2.75, 3.05) is 12.4 Å². The van der Waals surface area contributed by atoms with Gasteiger partial charge in [0.2, 0.25) is 0 Å².